The number of nitrogens with two attached hydrogens (primary N) is 1. The van der Waals surface area contributed by atoms with Gasteiger partial charge in [-0.05, 0) is 43.0 Å². The Bertz CT molecular complexity index is 1620. The molecule has 42 heavy (non-hydrogen) atoms. The van der Waals surface area contributed by atoms with Crippen molar-refractivity contribution in [2.24, 2.45) is 10.9 Å². The molecular weight excluding hydrogens is 572 g/mol. The van der Waals surface area contributed by atoms with Crippen LogP contribution in [0.1, 0.15) is 42.2 Å². The number of rotatable bonds is 9. The molecule has 0 unspecified atom stereocenters. The minimum absolute atomic E-state index is 0.0784. The van der Waals surface area contributed by atoms with Crippen molar-refractivity contribution in [3.8, 4) is 5.88 Å². The van der Waals surface area contributed by atoms with Crippen molar-refractivity contribution in [3.63, 3.8) is 0 Å². The number of nitrogens with zero attached hydrogens (tertiary/aromatic N) is 8. The smallest absolute Gasteiger partial charge is 0.254 e. The maximum atomic E-state index is 14.5. The molecule has 0 amide bonds. The number of likely N-dealkylation sites (tertiary alicyclic amines) is 1. The number of amidine groups is 1. The molecule has 2 aliphatic heterocycles. The quantitative estimate of drug-likeness (QED) is 0.127. The summed E-state index contributed by atoms with van der Waals surface area (Å²) in [5.41, 5.74) is 7.47. The van der Waals surface area contributed by atoms with E-state index in [4.69, 9.17) is 37.0 Å². The summed E-state index contributed by atoms with van der Waals surface area (Å²) in [7, 11) is 0. The minimum atomic E-state index is -0.669. The number of halogens is 3. The van der Waals surface area contributed by atoms with Crippen LogP contribution in [-0.2, 0) is 24.2 Å². The van der Waals surface area contributed by atoms with Gasteiger partial charge in [0.1, 0.15) is 34.8 Å². The molecule has 1 aromatic carbocycles. The Labute approximate surface area is 244 Å². The molecule has 4 aromatic rings. The van der Waals surface area contributed by atoms with E-state index < -0.39 is 11.6 Å². The van der Waals surface area contributed by atoms with Crippen molar-refractivity contribution < 1.29 is 23.5 Å². The first-order valence-electron chi connectivity index (χ1n) is 13.5. The molecule has 1 atom stereocenters. The van der Waals surface area contributed by atoms with Crippen molar-refractivity contribution in [1.29, 1.82) is 0 Å². The highest BCUT2D eigenvalue weighted by Gasteiger charge is 2.27. The molecule has 0 radical (unpaired) electrons. The van der Waals surface area contributed by atoms with Gasteiger partial charge >= 0.3 is 0 Å². The molecule has 6 rings (SSSR count). The van der Waals surface area contributed by atoms with E-state index >= 15 is 0 Å². The molecular formula is C27H28ClF2N9O3. The highest BCUT2D eigenvalue weighted by molar-refractivity contribution is 6.30. The van der Waals surface area contributed by atoms with Gasteiger partial charge in [0.05, 0.1) is 25.4 Å². The summed E-state index contributed by atoms with van der Waals surface area (Å²) in [5, 5.41) is 20.7. The second-order valence-electron chi connectivity index (χ2n) is 10.3. The largest absolute Gasteiger partial charge is 0.472 e. The van der Waals surface area contributed by atoms with Crippen LogP contribution in [0, 0.1) is 11.6 Å². The van der Waals surface area contributed by atoms with Crippen molar-refractivity contribution >= 4 is 28.6 Å². The van der Waals surface area contributed by atoms with Gasteiger partial charge in [0.25, 0.3) is 5.88 Å². The van der Waals surface area contributed by atoms with Gasteiger partial charge in [-0.3, -0.25) is 4.90 Å². The van der Waals surface area contributed by atoms with Crippen LogP contribution in [0.2, 0.25) is 5.02 Å². The summed E-state index contributed by atoms with van der Waals surface area (Å²) in [6.45, 7) is 3.24. The predicted molar refractivity (Wildman–Crippen MR) is 147 cm³/mol. The number of aromatic nitrogens is 6. The number of oxime groups is 1. The van der Waals surface area contributed by atoms with E-state index in [0.717, 1.165) is 25.0 Å². The molecule has 2 aliphatic rings. The summed E-state index contributed by atoms with van der Waals surface area (Å²) in [6, 6.07) is 6.00. The molecule has 5 heterocycles. The lowest BCUT2D eigenvalue weighted by Crippen LogP contribution is -2.39. The third kappa shape index (κ3) is 6.10. The van der Waals surface area contributed by atoms with Gasteiger partial charge in [-0.2, -0.15) is 9.37 Å². The zero-order chi connectivity index (χ0) is 29.2. The third-order valence-corrected chi connectivity index (χ3v) is 7.66. The van der Waals surface area contributed by atoms with Crippen molar-refractivity contribution in [2.75, 3.05) is 19.7 Å². The minimum Gasteiger partial charge on any atom is -0.472 e. The third-order valence-electron chi connectivity index (χ3n) is 7.42. The Morgan fingerprint density at radius 1 is 1.14 bits per heavy atom. The van der Waals surface area contributed by atoms with E-state index in [1.54, 1.807) is 18.2 Å². The lowest BCUT2D eigenvalue weighted by atomic mass is 10.1. The van der Waals surface area contributed by atoms with Gasteiger partial charge in [-0.1, -0.05) is 22.8 Å². The van der Waals surface area contributed by atoms with Crippen LogP contribution in [0.3, 0.4) is 0 Å². The van der Waals surface area contributed by atoms with Gasteiger partial charge in [0, 0.05) is 31.1 Å². The van der Waals surface area contributed by atoms with Crippen LogP contribution in [0.4, 0.5) is 8.78 Å². The Hall–Kier alpha value is -4.01. The van der Waals surface area contributed by atoms with E-state index in [1.165, 1.54) is 6.07 Å². The highest BCUT2D eigenvalue weighted by atomic mass is 35.5. The molecule has 2 fully saturated rings. The topological polar surface area (TPSA) is 150 Å². The molecule has 3 N–H and O–H groups in total. The van der Waals surface area contributed by atoms with E-state index in [2.05, 4.69) is 30.2 Å². The Kier molecular flexibility index (Phi) is 8.09. The lowest BCUT2D eigenvalue weighted by Gasteiger charge is -2.32. The SMILES string of the molecule is N/C(=N\O)c1cc2nc(CN3CCC(Oc4nc(Cc5ccc(Cl)cc5F)ncc4F)CC3)n(C[C@@H]3CCO3)c2nn1. The fourth-order valence-electron chi connectivity index (χ4n) is 5.02. The maximum Gasteiger partial charge on any atom is 0.254 e. The Morgan fingerprint density at radius 2 is 1.95 bits per heavy atom. The number of benzene rings is 1. The molecule has 2 saturated heterocycles. The normalized spacial score (nSPS) is 18.4. The first kappa shape index (κ1) is 28.1. The molecule has 0 spiro atoms. The number of hydrogen-bond donors (Lipinski definition) is 2. The van der Waals surface area contributed by atoms with Gasteiger partial charge in [-0.15, -0.1) is 10.2 Å². The highest BCUT2D eigenvalue weighted by Crippen LogP contribution is 2.25. The molecule has 12 nitrogen and oxygen atoms in total. The number of hydrogen-bond acceptors (Lipinski definition) is 10. The second kappa shape index (κ2) is 12.1. The van der Waals surface area contributed by atoms with E-state index in [1.807, 2.05) is 4.57 Å². The van der Waals surface area contributed by atoms with Crippen LogP contribution in [-0.4, -0.2) is 77.6 Å². The van der Waals surface area contributed by atoms with Gasteiger partial charge in [0.2, 0.25) is 5.82 Å². The monoisotopic (exact) mass is 599 g/mol. The predicted octanol–water partition coefficient (Wildman–Crippen LogP) is 3.07. The van der Waals surface area contributed by atoms with E-state index in [9.17, 15) is 8.78 Å². The second-order valence-corrected chi connectivity index (χ2v) is 10.7. The van der Waals surface area contributed by atoms with E-state index in [-0.39, 0.29) is 46.9 Å². The maximum absolute atomic E-state index is 14.5. The Morgan fingerprint density at radius 3 is 2.67 bits per heavy atom. The average Bonchev–Trinajstić information content (AvgIpc) is 3.30. The van der Waals surface area contributed by atoms with Gasteiger partial charge < -0.3 is 25.0 Å². The molecule has 0 aliphatic carbocycles. The van der Waals surface area contributed by atoms with Crippen molar-refractivity contribution in [2.45, 2.75) is 51.0 Å². The van der Waals surface area contributed by atoms with Gasteiger partial charge in [-0.25, -0.2) is 14.4 Å². The summed E-state index contributed by atoms with van der Waals surface area (Å²) in [6.07, 6.45) is 3.19. The fourth-order valence-corrected chi connectivity index (χ4v) is 5.18. The standard InChI is InChI=1S/C27H28ClF2N9O3/c28-16-2-1-15(19(29)10-16)9-23-32-12-20(30)27(34-23)42-17-3-6-38(7-4-17)14-24-33-22-11-21(25(31)37-40)35-36-26(22)39(24)13-18-5-8-41-18/h1-2,10-12,17-18,40H,3-9,13-14H2,(H2,31,37)/t18-/m0/s1. The van der Waals surface area contributed by atoms with Crippen LogP contribution in [0.25, 0.3) is 11.2 Å². The molecule has 220 valence electrons. The lowest BCUT2D eigenvalue weighted by molar-refractivity contribution is -0.0593. The first-order chi connectivity index (χ1) is 20.4. The number of ether oxygens (including phenoxy) is 2. The van der Waals surface area contributed by atoms with Crippen molar-refractivity contribution in [1.82, 2.24) is 34.6 Å². The van der Waals surface area contributed by atoms with E-state index in [0.29, 0.717) is 55.7 Å². The first-order valence-corrected chi connectivity index (χ1v) is 13.9. The van der Waals surface area contributed by atoms with Crippen molar-refractivity contribution in [3.05, 3.63) is 70.0 Å². The van der Waals surface area contributed by atoms with Gasteiger partial charge in [0.15, 0.2) is 11.5 Å². The molecule has 15 heteroatoms. The van der Waals surface area contributed by atoms with Crippen LogP contribution in [0.15, 0.2) is 35.6 Å². The summed E-state index contributed by atoms with van der Waals surface area (Å²) in [5.74, 6) is -0.388. The van der Waals surface area contributed by atoms with Crippen LogP contribution >= 0.6 is 11.6 Å². The zero-order valence-electron chi connectivity index (χ0n) is 22.5. The zero-order valence-corrected chi connectivity index (χ0v) is 23.2. The number of fused-ring (bicyclic) bond motifs is 1. The van der Waals surface area contributed by atoms with Crippen LogP contribution < -0.4 is 10.5 Å². The Balaban J connectivity index is 1.11. The number of piperidine rings is 1. The summed E-state index contributed by atoms with van der Waals surface area (Å²) >= 11 is 5.83. The average molecular weight is 600 g/mol. The van der Waals surface area contributed by atoms with Crippen LogP contribution in [0.5, 0.6) is 5.88 Å². The summed E-state index contributed by atoms with van der Waals surface area (Å²) < 4.78 is 42.3. The fraction of sp³-hybridized carbons (Fsp3) is 0.407. The molecule has 0 bridgehead atoms. The number of imidazole rings is 1. The summed E-state index contributed by atoms with van der Waals surface area (Å²) in [4.78, 5) is 15.2. The molecule has 3 aromatic heterocycles. The molecule has 0 saturated carbocycles.